The van der Waals surface area contributed by atoms with Crippen LogP contribution in [0.15, 0.2) is 39.4 Å². The summed E-state index contributed by atoms with van der Waals surface area (Å²) < 4.78 is 11.0. The Morgan fingerprint density at radius 1 is 1.28 bits per heavy atom. The van der Waals surface area contributed by atoms with E-state index >= 15 is 0 Å². The molecule has 0 aliphatic carbocycles. The van der Waals surface area contributed by atoms with Crippen molar-refractivity contribution in [2.45, 2.75) is 19.4 Å². The number of hydrogen-bond donors (Lipinski definition) is 1. The second-order valence-corrected chi connectivity index (χ2v) is 4.11. The molecular weight excluding hydrogens is 230 g/mol. The van der Waals surface area contributed by atoms with E-state index in [1.807, 2.05) is 31.2 Å². The molecule has 0 aliphatic heterocycles. The highest BCUT2D eigenvalue weighted by Crippen LogP contribution is 2.30. The molecule has 2 N–H and O–H groups in total. The molecule has 0 amide bonds. The van der Waals surface area contributed by atoms with Gasteiger partial charge >= 0.3 is 0 Å². The molecule has 0 saturated heterocycles. The van der Waals surface area contributed by atoms with E-state index < -0.39 is 0 Å². The maximum absolute atomic E-state index is 5.85. The van der Waals surface area contributed by atoms with Gasteiger partial charge in [-0.3, -0.25) is 0 Å². The first-order valence-electron chi connectivity index (χ1n) is 5.85. The van der Waals surface area contributed by atoms with Crippen molar-refractivity contribution in [3.63, 3.8) is 0 Å². The van der Waals surface area contributed by atoms with Gasteiger partial charge in [-0.1, -0.05) is 25.1 Å². The summed E-state index contributed by atoms with van der Waals surface area (Å²) in [7, 11) is 0. The van der Waals surface area contributed by atoms with Crippen LogP contribution in [0.5, 0.6) is 0 Å². The van der Waals surface area contributed by atoms with Crippen LogP contribution >= 0.6 is 0 Å². The van der Waals surface area contributed by atoms with Crippen molar-refractivity contribution in [2.24, 2.45) is 5.73 Å². The fraction of sp³-hybridized carbons (Fsp3) is 0.231. The molecule has 0 radical (unpaired) electrons. The van der Waals surface area contributed by atoms with Gasteiger partial charge < -0.3 is 14.6 Å². The Balaban J connectivity index is 2.07. The maximum Gasteiger partial charge on any atom is 0.251 e. The predicted octanol–water partition coefficient (Wildman–Crippen LogP) is 2.89. The molecule has 1 atom stereocenters. The van der Waals surface area contributed by atoms with Crippen LogP contribution in [0.3, 0.4) is 0 Å². The Kier molecular flexibility index (Phi) is 2.60. The van der Waals surface area contributed by atoms with Crippen molar-refractivity contribution in [1.29, 1.82) is 0 Å². The molecule has 3 aromatic rings. The number of nitrogens with two attached hydrogens (primary N) is 1. The molecule has 0 fully saturated rings. The summed E-state index contributed by atoms with van der Waals surface area (Å²) in [5, 5.41) is 8.94. The van der Waals surface area contributed by atoms with Gasteiger partial charge in [0.15, 0.2) is 0 Å². The molecule has 5 nitrogen and oxygen atoms in total. The number of para-hydroxylation sites is 1. The van der Waals surface area contributed by atoms with Crippen LogP contribution in [0.2, 0.25) is 0 Å². The Morgan fingerprint density at radius 2 is 2.11 bits per heavy atom. The molecule has 3 rings (SSSR count). The van der Waals surface area contributed by atoms with Gasteiger partial charge in [0, 0.05) is 5.39 Å². The SMILES string of the molecule is CCC(N)c1nnc(-c2coc3ccccc23)o1. The van der Waals surface area contributed by atoms with E-state index in [9.17, 15) is 0 Å². The quantitative estimate of drug-likeness (QED) is 0.765. The van der Waals surface area contributed by atoms with E-state index in [4.69, 9.17) is 14.6 Å². The minimum absolute atomic E-state index is 0.218. The third kappa shape index (κ3) is 1.69. The van der Waals surface area contributed by atoms with E-state index in [0.29, 0.717) is 11.8 Å². The molecule has 1 aromatic carbocycles. The second kappa shape index (κ2) is 4.27. The molecule has 0 bridgehead atoms. The predicted molar refractivity (Wildman–Crippen MR) is 66.7 cm³/mol. The summed E-state index contributed by atoms with van der Waals surface area (Å²) >= 11 is 0. The van der Waals surface area contributed by atoms with Gasteiger partial charge in [-0.2, -0.15) is 0 Å². The number of furan rings is 1. The van der Waals surface area contributed by atoms with Gasteiger partial charge in [-0.15, -0.1) is 10.2 Å². The summed E-state index contributed by atoms with van der Waals surface area (Å²) in [5.74, 6) is 0.900. The van der Waals surface area contributed by atoms with Crippen LogP contribution in [-0.2, 0) is 0 Å². The zero-order valence-electron chi connectivity index (χ0n) is 9.96. The number of rotatable bonds is 3. The number of nitrogens with zero attached hydrogens (tertiary/aromatic N) is 2. The van der Waals surface area contributed by atoms with E-state index in [-0.39, 0.29) is 6.04 Å². The lowest BCUT2D eigenvalue weighted by Gasteiger charge is -1.99. The molecule has 2 aromatic heterocycles. The lowest BCUT2D eigenvalue weighted by molar-refractivity contribution is 0.452. The fourth-order valence-electron chi connectivity index (χ4n) is 1.81. The molecule has 92 valence electrons. The van der Waals surface area contributed by atoms with Crippen LogP contribution in [0, 0.1) is 0 Å². The first-order valence-corrected chi connectivity index (χ1v) is 5.85. The molecule has 2 heterocycles. The van der Waals surface area contributed by atoms with Crippen LogP contribution < -0.4 is 5.73 Å². The summed E-state index contributed by atoms with van der Waals surface area (Å²) in [6.45, 7) is 1.97. The first kappa shape index (κ1) is 11.0. The van der Waals surface area contributed by atoms with Crippen molar-refractivity contribution in [2.75, 3.05) is 0 Å². The molecular formula is C13H13N3O2. The number of benzene rings is 1. The van der Waals surface area contributed by atoms with Crippen LogP contribution in [0.4, 0.5) is 0 Å². The molecule has 5 heteroatoms. The smallest absolute Gasteiger partial charge is 0.251 e. The van der Waals surface area contributed by atoms with Gasteiger partial charge in [0.1, 0.15) is 11.8 Å². The van der Waals surface area contributed by atoms with Crippen LogP contribution in [0.25, 0.3) is 22.4 Å². The number of hydrogen-bond acceptors (Lipinski definition) is 5. The largest absolute Gasteiger partial charge is 0.463 e. The normalized spacial score (nSPS) is 13.0. The third-order valence-electron chi connectivity index (χ3n) is 2.91. The molecule has 0 saturated carbocycles. The highest BCUT2D eigenvalue weighted by Gasteiger charge is 2.17. The topological polar surface area (TPSA) is 78.1 Å². The van der Waals surface area contributed by atoms with Gasteiger partial charge in [-0.05, 0) is 12.5 Å². The zero-order chi connectivity index (χ0) is 12.5. The molecule has 0 spiro atoms. The average molecular weight is 243 g/mol. The summed E-state index contributed by atoms with van der Waals surface area (Å²) in [6, 6.07) is 7.49. The minimum Gasteiger partial charge on any atom is -0.463 e. The minimum atomic E-state index is -0.218. The second-order valence-electron chi connectivity index (χ2n) is 4.11. The Hall–Kier alpha value is -2.14. The van der Waals surface area contributed by atoms with Crippen LogP contribution in [0.1, 0.15) is 25.3 Å². The first-order chi connectivity index (χ1) is 8.79. The van der Waals surface area contributed by atoms with Crippen molar-refractivity contribution in [3.8, 4) is 11.5 Å². The van der Waals surface area contributed by atoms with Gasteiger partial charge in [0.05, 0.1) is 11.6 Å². The van der Waals surface area contributed by atoms with E-state index in [1.165, 1.54) is 0 Å². The van der Waals surface area contributed by atoms with E-state index in [1.54, 1.807) is 6.26 Å². The summed E-state index contributed by atoms with van der Waals surface area (Å²) in [5.41, 5.74) is 7.45. The Labute approximate surface area is 104 Å². The lowest BCUT2D eigenvalue weighted by Crippen LogP contribution is -2.08. The van der Waals surface area contributed by atoms with Gasteiger partial charge in [0.25, 0.3) is 5.89 Å². The third-order valence-corrected chi connectivity index (χ3v) is 2.91. The molecule has 18 heavy (non-hydrogen) atoms. The van der Waals surface area contributed by atoms with Crippen molar-refractivity contribution < 1.29 is 8.83 Å². The van der Waals surface area contributed by atoms with Crippen molar-refractivity contribution >= 4 is 11.0 Å². The summed E-state index contributed by atoms with van der Waals surface area (Å²) in [6.07, 6.45) is 2.38. The molecule has 1 unspecified atom stereocenters. The molecule has 0 aliphatic rings. The Bertz CT molecular complexity index is 671. The fourth-order valence-corrected chi connectivity index (χ4v) is 1.81. The van der Waals surface area contributed by atoms with Gasteiger partial charge in [0.2, 0.25) is 5.89 Å². The standard InChI is InChI=1S/C13H13N3O2/c1-2-10(14)13-16-15-12(18-13)9-7-17-11-6-4-3-5-8(9)11/h3-7,10H,2,14H2,1H3. The van der Waals surface area contributed by atoms with Crippen molar-refractivity contribution in [3.05, 3.63) is 36.4 Å². The highest BCUT2D eigenvalue weighted by molar-refractivity contribution is 5.91. The number of fused-ring (bicyclic) bond motifs is 1. The Morgan fingerprint density at radius 3 is 2.94 bits per heavy atom. The lowest BCUT2D eigenvalue weighted by atomic mass is 10.2. The zero-order valence-corrected chi connectivity index (χ0v) is 9.96. The highest BCUT2D eigenvalue weighted by atomic mass is 16.4. The van der Waals surface area contributed by atoms with Crippen LogP contribution in [-0.4, -0.2) is 10.2 Å². The monoisotopic (exact) mass is 243 g/mol. The van der Waals surface area contributed by atoms with Gasteiger partial charge in [-0.25, -0.2) is 0 Å². The number of aromatic nitrogens is 2. The van der Waals surface area contributed by atoms with Crippen molar-refractivity contribution in [1.82, 2.24) is 10.2 Å². The average Bonchev–Trinajstić information content (AvgIpc) is 3.03. The van der Waals surface area contributed by atoms with E-state index in [2.05, 4.69) is 10.2 Å². The summed E-state index contributed by atoms with van der Waals surface area (Å²) in [4.78, 5) is 0. The van der Waals surface area contributed by atoms with E-state index in [0.717, 1.165) is 23.0 Å². The maximum atomic E-state index is 5.85.